The molecular formula is C22H20ClN5O. The molecule has 1 aliphatic heterocycles. The Morgan fingerprint density at radius 2 is 2.03 bits per heavy atom. The van der Waals surface area contributed by atoms with Crippen molar-refractivity contribution in [1.29, 1.82) is 0 Å². The van der Waals surface area contributed by atoms with Crippen molar-refractivity contribution in [2.45, 2.75) is 6.54 Å². The van der Waals surface area contributed by atoms with Crippen molar-refractivity contribution in [2.24, 2.45) is 0 Å². The molecule has 29 heavy (non-hydrogen) atoms. The number of nitrogens with zero attached hydrogens (tertiary/aromatic N) is 4. The summed E-state index contributed by atoms with van der Waals surface area (Å²) in [5.74, 6) is 6.79. The first-order chi connectivity index (χ1) is 14.1. The standard InChI is InChI=1S/C22H20ClN5O/c23-18-5-1-3-16(11-18)4-2-8-27-9-10-28(21(29)14-27)13-17-6-7-19-20(12-17)25-15-26-22(19)24/h1,3,5-7,11-12,15H,8-10,13-14H2,(H2,24,25,26). The van der Waals surface area contributed by atoms with Gasteiger partial charge in [0, 0.05) is 35.6 Å². The Labute approximate surface area is 174 Å². The largest absolute Gasteiger partial charge is 0.383 e. The number of hydrogen-bond acceptors (Lipinski definition) is 5. The summed E-state index contributed by atoms with van der Waals surface area (Å²) in [7, 11) is 0. The number of nitrogens with two attached hydrogens (primary N) is 1. The van der Waals surface area contributed by atoms with Crippen LogP contribution in [0.4, 0.5) is 5.82 Å². The second-order valence-electron chi connectivity index (χ2n) is 6.95. The van der Waals surface area contributed by atoms with Gasteiger partial charge in [-0.15, -0.1) is 0 Å². The number of nitrogen functional groups attached to an aromatic ring is 1. The molecule has 2 heterocycles. The van der Waals surface area contributed by atoms with E-state index in [9.17, 15) is 4.79 Å². The maximum absolute atomic E-state index is 12.6. The highest BCUT2D eigenvalue weighted by molar-refractivity contribution is 6.30. The first-order valence-corrected chi connectivity index (χ1v) is 9.70. The monoisotopic (exact) mass is 405 g/mol. The summed E-state index contributed by atoms with van der Waals surface area (Å²) in [5, 5.41) is 1.49. The molecule has 146 valence electrons. The molecule has 0 atom stereocenters. The molecule has 4 rings (SSSR count). The summed E-state index contributed by atoms with van der Waals surface area (Å²) >= 11 is 5.97. The molecule has 6 nitrogen and oxygen atoms in total. The van der Waals surface area contributed by atoms with E-state index in [1.807, 2.05) is 47.4 Å². The van der Waals surface area contributed by atoms with Crippen LogP contribution in [0.1, 0.15) is 11.1 Å². The topological polar surface area (TPSA) is 75.3 Å². The molecule has 1 aliphatic rings. The van der Waals surface area contributed by atoms with Crippen molar-refractivity contribution in [3.63, 3.8) is 0 Å². The average molecular weight is 406 g/mol. The Morgan fingerprint density at radius 3 is 2.86 bits per heavy atom. The van der Waals surface area contributed by atoms with Crippen molar-refractivity contribution < 1.29 is 4.79 Å². The van der Waals surface area contributed by atoms with Gasteiger partial charge in [-0.1, -0.05) is 35.6 Å². The predicted octanol–water partition coefficient (Wildman–Crippen LogP) is 2.56. The zero-order chi connectivity index (χ0) is 20.2. The van der Waals surface area contributed by atoms with E-state index in [2.05, 4.69) is 26.7 Å². The summed E-state index contributed by atoms with van der Waals surface area (Å²) < 4.78 is 0. The third-order valence-electron chi connectivity index (χ3n) is 4.86. The lowest BCUT2D eigenvalue weighted by Crippen LogP contribution is -2.49. The third kappa shape index (κ3) is 4.65. The first-order valence-electron chi connectivity index (χ1n) is 9.32. The summed E-state index contributed by atoms with van der Waals surface area (Å²) in [4.78, 5) is 24.8. The van der Waals surface area contributed by atoms with Gasteiger partial charge in [0.15, 0.2) is 0 Å². The van der Waals surface area contributed by atoms with E-state index in [-0.39, 0.29) is 5.91 Å². The van der Waals surface area contributed by atoms with Crippen molar-refractivity contribution in [1.82, 2.24) is 19.8 Å². The number of aromatic nitrogens is 2. The fraction of sp³-hybridized carbons (Fsp3) is 0.227. The molecule has 3 aromatic rings. The summed E-state index contributed by atoms with van der Waals surface area (Å²) in [6, 6.07) is 13.3. The molecule has 0 unspecified atom stereocenters. The Morgan fingerprint density at radius 1 is 1.14 bits per heavy atom. The van der Waals surface area contributed by atoms with Gasteiger partial charge in [0.05, 0.1) is 18.6 Å². The minimum absolute atomic E-state index is 0.100. The highest BCUT2D eigenvalue weighted by atomic mass is 35.5. The fourth-order valence-electron chi connectivity index (χ4n) is 3.32. The van der Waals surface area contributed by atoms with E-state index < -0.39 is 0 Å². The Kier molecular flexibility index (Phi) is 5.61. The van der Waals surface area contributed by atoms with Crippen molar-refractivity contribution in [3.05, 3.63) is 64.9 Å². The quantitative estimate of drug-likeness (QED) is 0.678. The minimum atomic E-state index is 0.100. The second-order valence-corrected chi connectivity index (χ2v) is 7.38. The highest BCUT2D eigenvalue weighted by Crippen LogP contribution is 2.19. The zero-order valence-corrected chi connectivity index (χ0v) is 16.6. The van der Waals surface area contributed by atoms with E-state index >= 15 is 0 Å². The van der Waals surface area contributed by atoms with Gasteiger partial charge in [0.2, 0.25) is 5.91 Å². The van der Waals surface area contributed by atoms with Gasteiger partial charge >= 0.3 is 0 Å². The smallest absolute Gasteiger partial charge is 0.237 e. The van der Waals surface area contributed by atoms with Crippen LogP contribution in [-0.2, 0) is 11.3 Å². The highest BCUT2D eigenvalue weighted by Gasteiger charge is 2.23. The number of piperazine rings is 1. The van der Waals surface area contributed by atoms with Crippen LogP contribution in [0.3, 0.4) is 0 Å². The number of rotatable bonds is 3. The van der Waals surface area contributed by atoms with Gasteiger partial charge in [0.25, 0.3) is 0 Å². The van der Waals surface area contributed by atoms with Gasteiger partial charge in [-0.25, -0.2) is 9.97 Å². The van der Waals surface area contributed by atoms with Crippen molar-refractivity contribution in [3.8, 4) is 11.8 Å². The summed E-state index contributed by atoms with van der Waals surface area (Å²) in [6.45, 7) is 2.94. The van der Waals surface area contributed by atoms with Crippen molar-refractivity contribution in [2.75, 3.05) is 31.9 Å². The Hall–Kier alpha value is -3.14. The van der Waals surface area contributed by atoms with Gasteiger partial charge in [0.1, 0.15) is 12.1 Å². The van der Waals surface area contributed by atoms with Crippen LogP contribution in [0.25, 0.3) is 10.9 Å². The predicted molar refractivity (Wildman–Crippen MR) is 114 cm³/mol. The van der Waals surface area contributed by atoms with Crippen LogP contribution in [0, 0.1) is 11.8 Å². The van der Waals surface area contributed by atoms with Crippen LogP contribution in [-0.4, -0.2) is 51.9 Å². The first kappa shape index (κ1) is 19.2. The van der Waals surface area contributed by atoms with Gasteiger partial charge in [-0.3, -0.25) is 9.69 Å². The van der Waals surface area contributed by atoms with E-state index in [0.29, 0.717) is 37.0 Å². The minimum Gasteiger partial charge on any atom is -0.383 e. The van der Waals surface area contributed by atoms with E-state index in [1.165, 1.54) is 6.33 Å². The molecule has 1 aromatic heterocycles. The molecule has 1 saturated heterocycles. The lowest BCUT2D eigenvalue weighted by molar-refractivity contribution is -0.136. The number of carbonyl (C=O) groups excluding carboxylic acids is 1. The van der Waals surface area contributed by atoms with E-state index in [1.54, 1.807) is 0 Å². The van der Waals surface area contributed by atoms with Crippen molar-refractivity contribution >= 4 is 34.2 Å². The SMILES string of the molecule is Nc1ncnc2cc(CN3CCN(CC#Cc4cccc(Cl)c4)CC3=O)ccc12. The lowest BCUT2D eigenvalue weighted by atomic mass is 10.1. The number of amides is 1. The zero-order valence-electron chi connectivity index (χ0n) is 15.8. The van der Waals surface area contributed by atoms with Crippen LogP contribution in [0.5, 0.6) is 0 Å². The van der Waals surface area contributed by atoms with E-state index in [0.717, 1.165) is 28.6 Å². The second kappa shape index (κ2) is 8.48. The number of hydrogen-bond donors (Lipinski definition) is 1. The molecule has 0 spiro atoms. The Balaban J connectivity index is 1.35. The van der Waals surface area contributed by atoms with Gasteiger partial charge in [-0.05, 0) is 35.9 Å². The molecule has 0 aliphatic carbocycles. The number of halogens is 1. The number of fused-ring (bicyclic) bond motifs is 1. The molecule has 0 saturated carbocycles. The number of benzene rings is 2. The molecule has 1 fully saturated rings. The number of anilines is 1. The van der Waals surface area contributed by atoms with Crippen LogP contribution < -0.4 is 5.73 Å². The molecule has 7 heteroatoms. The Bertz CT molecular complexity index is 1120. The van der Waals surface area contributed by atoms with Gasteiger partial charge < -0.3 is 10.6 Å². The molecule has 2 aromatic carbocycles. The molecule has 0 bridgehead atoms. The van der Waals surface area contributed by atoms with Crippen LogP contribution >= 0.6 is 11.6 Å². The molecule has 0 radical (unpaired) electrons. The summed E-state index contributed by atoms with van der Waals surface area (Å²) in [5.41, 5.74) is 8.57. The van der Waals surface area contributed by atoms with Crippen LogP contribution in [0.2, 0.25) is 5.02 Å². The average Bonchev–Trinajstić information content (AvgIpc) is 2.70. The fourth-order valence-corrected chi connectivity index (χ4v) is 3.51. The maximum Gasteiger partial charge on any atom is 0.237 e. The third-order valence-corrected chi connectivity index (χ3v) is 5.10. The number of carbonyl (C=O) groups is 1. The van der Waals surface area contributed by atoms with Crippen LogP contribution in [0.15, 0.2) is 48.8 Å². The summed E-state index contributed by atoms with van der Waals surface area (Å²) in [6.07, 6.45) is 1.45. The normalized spacial score (nSPS) is 14.7. The maximum atomic E-state index is 12.6. The van der Waals surface area contributed by atoms with E-state index in [4.69, 9.17) is 17.3 Å². The molecule has 1 amide bonds. The van der Waals surface area contributed by atoms with Gasteiger partial charge in [-0.2, -0.15) is 0 Å². The molecule has 2 N–H and O–H groups in total. The molecular weight excluding hydrogens is 386 g/mol. The lowest BCUT2D eigenvalue weighted by Gasteiger charge is -2.33.